The Morgan fingerprint density at radius 1 is 1.13 bits per heavy atom. The Morgan fingerprint density at radius 3 is 2.65 bits per heavy atom. The van der Waals surface area contributed by atoms with Gasteiger partial charge in [0.1, 0.15) is 5.56 Å². The van der Waals surface area contributed by atoms with E-state index < -0.39 is 0 Å². The third kappa shape index (κ3) is 2.48. The summed E-state index contributed by atoms with van der Waals surface area (Å²) in [5.74, 6) is -0.129. The zero-order valence-electron chi connectivity index (χ0n) is 13.2. The van der Waals surface area contributed by atoms with Gasteiger partial charge in [-0.3, -0.25) is 9.59 Å². The molecule has 4 rings (SSSR count). The number of amides is 1. The van der Waals surface area contributed by atoms with Gasteiger partial charge < -0.3 is 9.88 Å². The number of hydrogen-bond acceptors (Lipinski definition) is 2. The Hall–Kier alpha value is -2.36. The first-order chi connectivity index (χ1) is 11.1. The van der Waals surface area contributed by atoms with E-state index in [-0.39, 0.29) is 29.1 Å². The maximum absolute atomic E-state index is 13.1. The summed E-state index contributed by atoms with van der Waals surface area (Å²) in [5.41, 5.74) is 3.32. The van der Waals surface area contributed by atoms with Crippen molar-refractivity contribution in [3.05, 3.63) is 69.1 Å². The highest BCUT2D eigenvalue weighted by atomic mass is 16.2. The first kappa shape index (κ1) is 14.2. The highest BCUT2D eigenvalue weighted by Crippen LogP contribution is 2.42. The number of rotatable bonds is 3. The van der Waals surface area contributed by atoms with Gasteiger partial charge in [0.05, 0.1) is 6.04 Å². The predicted octanol–water partition coefficient (Wildman–Crippen LogP) is 2.98. The molecule has 2 aliphatic rings. The van der Waals surface area contributed by atoms with Crippen LogP contribution in [-0.2, 0) is 6.42 Å². The number of nitrogens with zero attached hydrogens (tertiary/aromatic N) is 1. The summed E-state index contributed by atoms with van der Waals surface area (Å²) in [6.45, 7) is 1.82. The van der Waals surface area contributed by atoms with Crippen LogP contribution < -0.4 is 5.56 Å². The molecule has 23 heavy (non-hydrogen) atoms. The third-order valence-electron chi connectivity index (χ3n) is 4.90. The zero-order valence-corrected chi connectivity index (χ0v) is 13.2. The lowest BCUT2D eigenvalue weighted by molar-refractivity contribution is 0.0656. The van der Waals surface area contributed by atoms with Gasteiger partial charge in [-0.05, 0) is 55.9 Å². The van der Waals surface area contributed by atoms with E-state index in [2.05, 4.69) is 23.2 Å². The molecule has 1 amide bonds. The fraction of sp³-hybridized carbons (Fsp3) is 0.368. The van der Waals surface area contributed by atoms with Crippen LogP contribution in [0.2, 0.25) is 0 Å². The molecule has 0 spiro atoms. The van der Waals surface area contributed by atoms with Crippen molar-refractivity contribution in [3.63, 3.8) is 0 Å². The molecular formula is C19H20N2O2. The van der Waals surface area contributed by atoms with E-state index in [1.165, 1.54) is 11.1 Å². The van der Waals surface area contributed by atoms with Gasteiger partial charge in [-0.25, -0.2) is 0 Å². The molecule has 1 aromatic carbocycles. The van der Waals surface area contributed by atoms with Crippen LogP contribution in [0.5, 0.6) is 0 Å². The monoisotopic (exact) mass is 308 g/mol. The molecule has 4 nitrogen and oxygen atoms in total. The van der Waals surface area contributed by atoms with Gasteiger partial charge in [-0.2, -0.15) is 0 Å². The number of carbonyl (C=O) groups excluding carboxylic acids is 1. The highest BCUT2D eigenvalue weighted by Gasteiger charge is 2.41. The molecule has 0 saturated heterocycles. The second kappa shape index (κ2) is 5.37. The molecule has 1 fully saturated rings. The van der Waals surface area contributed by atoms with Crippen molar-refractivity contribution in [3.8, 4) is 0 Å². The van der Waals surface area contributed by atoms with Crippen molar-refractivity contribution < 1.29 is 4.79 Å². The van der Waals surface area contributed by atoms with Gasteiger partial charge in [-0.15, -0.1) is 0 Å². The van der Waals surface area contributed by atoms with E-state index in [1.54, 1.807) is 12.1 Å². The zero-order chi connectivity index (χ0) is 16.0. The van der Waals surface area contributed by atoms with Crippen molar-refractivity contribution in [2.75, 3.05) is 0 Å². The molecule has 1 atom stereocenters. The summed E-state index contributed by atoms with van der Waals surface area (Å²) < 4.78 is 0. The largest absolute Gasteiger partial charge is 0.328 e. The third-order valence-corrected chi connectivity index (χ3v) is 4.90. The van der Waals surface area contributed by atoms with Crippen LogP contribution in [-0.4, -0.2) is 21.8 Å². The van der Waals surface area contributed by atoms with E-state index in [0.717, 1.165) is 31.4 Å². The number of fused-ring (bicyclic) bond motifs is 1. The normalized spacial score (nSPS) is 19.4. The molecule has 0 bridgehead atoms. The van der Waals surface area contributed by atoms with Crippen molar-refractivity contribution in [1.82, 2.24) is 9.88 Å². The summed E-state index contributed by atoms with van der Waals surface area (Å²) in [4.78, 5) is 30.0. The molecule has 0 aliphatic heterocycles. The van der Waals surface area contributed by atoms with Gasteiger partial charge in [-0.1, -0.05) is 24.3 Å². The van der Waals surface area contributed by atoms with E-state index in [1.807, 2.05) is 17.9 Å². The number of aromatic amines is 1. The van der Waals surface area contributed by atoms with Crippen LogP contribution in [0, 0.1) is 6.92 Å². The van der Waals surface area contributed by atoms with Gasteiger partial charge >= 0.3 is 0 Å². The second-order valence-electron chi connectivity index (χ2n) is 6.58. The molecule has 118 valence electrons. The topological polar surface area (TPSA) is 53.2 Å². The Balaban J connectivity index is 1.72. The van der Waals surface area contributed by atoms with Gasteiger partial charge in [0, 0.05) is 11.7 Å². The highest BCUT2D eigenvalue weighted by molar-refractivity contribution is 5.94. The van der Waals surface area contributed by atoms with Crippen molar-refractivity contribution in [2.24, 2.45) is 0 Å². The Kier molecular flexibility index (Phi) is 3.33. The van der Waals surface area contributed by atoms with Crippen LogP contribution in [0.3, 0.4) is 0 Å². The fourth-order valence-corrected chi connectivity index (χ4v) is 3.62. The lowest BCUT2D eigenvalue weighted by Gasteiger charge is -2.30. The second-order valence-corrected chi connectivity index (χ2v) is 6.58. The van der Waals surface area contributed by atoms with E-state index in [9.17, 15) is 9.59 Å². The van der Waals surface area contributed by atoms with Gasteiger partial charge in [0.2, 0.25) is 0 Å². The molecule has 1 heterocycles. The standard InChI is InChI=1S/C19H20N2O2/c1-12-6-10-16(18(22)20-12)19(23)21(14-8-9-14)17-11-7-13-4-2-3-5-15(13)17/h2-6,10,14,17H,7-9,11H2,1H3,(H,20,22)/t17-/m0/s1. The summed E-state index contributed by atoms with van der Waals surface area (Å²) in [7, 11) is 0. The first-order valence-corrected chi connectivity index (χ1v) is 8.25. The minimum absolute atomic E-state index is 0.104. The molecule has 1 aromatic heterocycles. The maximum atomic E-state index is 13.1. The fourth-order valence-electron chi connectivity index (χ4n) is 3.62. The smallest absolute Gasteiger partial charge is 0.260 e. The molecule has 4 heteroatoms. The molecule has 2 aromatic rings. The summed E-state index contributed by atoms with van der Waals surface area (Å²) in [5, 5.41) is 0. The lowest BCUT2D eigenvalue weighted by Crippen LogP contribution is -2.38. The molecule has 0 radical (unpaired) electrons. The summed E-state index contributed by atoms with van der Waals surface area (Å²) >= 11 is 0. The number of nitrogens with one attached hydrogen (secondary N) is 1. The number of pyridine rings is 1. The first-order valence-electron chi connectivity index (χ1n) is 8.25. The van der Waals surface area contributed by atoms with Crippen molar-refractivity contribution in [2.45, 2.75) is 44.7 Å². The van der Waals surface area contributed by atoms with Crippen LogP contribution in [0.4, 0.5) is 0 Å². The molecule has 2 aliphatic carbocycles. The van der Waals surface area contributed by atoms with Gasteiger partial charge in [0.25, 0.3) is 11.5 Å². The number of aryl methyl sites for hydroxylation is 2. The van der Waals surface area contributed by atoms with Crippen molar-refractivity contribution >= 4 is 5.91 Å². The van der Waals surface area contributed by atoms with Crippen LogP contribution >= 0.6 is 0 Å². The number of hydrogen-bond donors (Lipinski definition) is 1. The Bertz CT molecular complexity index is 820. The molecule has 1 N–H and O–H groups in total. The van der Waals surface area contributed by atoms with Crippen LogP contribution in [0.15, 0.2) is 41.2 Å². The number of benzene rings is 1. The maximum Gasteiger partial charge on any atom is 0.260 e. The minimum Gasteiger partial charge on any atom is -0.328 e. The average molecular weight is 308 g/mol. The summed E-state index contributed by atoms with van der Waals surface area (Å²) in [6.07, 6.45) is 4.02. The predicted molar refractivity (Wildman–Crippen MR) is 88.5 cm³/mol. The molecule has 0 unspecified atom stereocenters. The molecule has 1 saturated carbocycles. The minimum atomic E-state index is -0.285. The van der Waals surface area contributed by atoms with E-state index >= 15 is 0 Å². The average Bonchev–Trinajstić information content (AvgIpc) is 3.28. The Morgan fingerprint density at radius 2 is 1.91 bits per heavy atom. The van der Waals surface area contributed by atoms with Crippen molar-refractivity contribution in [1.29, 1.82) is 0 Å². The van der Waals surface area contributed by atoms with E-state index in [0.29, 0.717) is 0 Å². The molecular weight excluding hydrogens is 288 g/mol. The summed E-state index contributed by atoms with van der Waals surface area (Å²) in [6, 6.07) is 12.2. The lowest BCUT2D eigenvalue weighted by atomic mass is 10.1. The quantitative estimate of drug-likeness (QED) is 0.947. The Labute approximate surface area is 135 Å². The van der Waals surface area contributed by atoms with Crippen LogP contribution in [0.1, 0.15) is 52.5 Å². The number of carbonyl (C=O) groups is 1. The van der Waals surface area contributed by atoms with E-state index in [4.69, 9.17) is 0 Å². The van der Waals surface area contributed by atoms with Gasteiger partial charge in [0.15, 0.2) is 0 Å². The SMILES string of the molecule is Cc1ccc(C(=O)N(C2CC2)[C@H]2CCc3ccccc32)c(=O)[nH]1. The van der Waals surface area contributed by atoms with Crippen LogP contribution in [0.25, 0.3) is 0 Å². The number of aromatic nitrogens is 1. The number of H-pyrrole nitrogens is 1.